The Morgan fingerprint density at radius 1 is 1.03 bits per heavy atom. The van der Waals surface area contributed by atoms with E-state index < -0.39 is 11.7 Å². The lowest BCUT2D eigenvalue weighted by atomic mass is 9.47. The van der Waals surface area contributed by atoms with Gasteiger partial charge in [-0.05, 0) is 115 Å². The van der Waals surface area contributed by atoms with Crippen LogP contribution in [0.1, 0.15) is 67.2 Å². The maximum absolute atomic E-state index is 13.1. The van der Waals surface area contributed by atoms with E-state index in [1.54, 1.807) is 19.3 Å². The van der Waals surface area contributed by atoms with Crippen LogP contribution in [0.15, 0.2) is 48.5 Å². The van der Waals surface area contributed by atoms with Gasteiger partial charge in [0.2, 0.25) is 0 Å². The van der Waals surface area contributed by atoms with Crippen LogP contribution in [0.3, 0.4) is 0 Å². The Labute approximate surface area is 199 Å². The Morgan fingerprint density at radius 3 is 2.29 bits per heavy atom. The molecule has 6 rings (SSSR count). The molecule has 2 nitrogen and oxygen atoms in total. The van der Waals surface area contributed by atoms with Crippen molar-refractivity contribution in [1.29, 1.82) is 0 Å². The van der Waals surface area contributed by atoms with Gasteiger partial charge in [0, 0.05) is 5.57 Å². The van der Waals surface area contributed by atoms with Crippen LogP contribution in [0.5, 0.6) is 5.75 Å². The van der Waals surface area contributed by atoms with Gasteiger partial charge in [0.15, 0.2) is 0 Å². The molecule has 0 aliphatic heterocycles. The number of allylic oxidation sites excluding steroid dienone is 2. The van der Waals surface area contributed by atoms with Gasteiger partial charge in [-0.25, -0.2) is 0 Å². The summed E-state index contributed by atoms with van der Waals surface area (Å²) in [6.45, 7) is 0. The predicted octanol–water partition coefficient (Wildman–Crippen LogP) is 7.40. The highest BCUT2D eigenvalue weighted by molar-refractivity contribution is 6.06. The van der Waals surface area contributed by atoms with Gasteiger partial charge in [-0.2, -0.15) is 13.2 Å². The number of methoxy groups -OCH3 is 1. The molecule has 4 bridgehead atoms. The standard InChI is InChI=1S/C29H31F3O2/c1-34-26-9-8-22(27(14-26)28-15-19-10-20(16-28)12-21(11-19)17-28)4-2-6-24(18-33)23-5-3-7-25(13-23)29(30,31)32/h3,5-9,13-14,18-21H,2,4,10-12,15-17H2,1H3. The monoisotopic (exact) mass is 468 g/mol. The number of carbonyl (C=O) groups excluding carboxylic acids is 1. The predicted molar refractivity (Wildman–Crippen MR) is 127 cm³/mol. The van der Waals surface area contributed by atoms with Crippen LogP contribution < -0.4 is 4.74 Å². The molecule has 4 aliphatic rings. The SMILES string of the molecule is COc1ccc(CCC=C(C=O)c2cccc(C(F)(F)F)c2)c(C23CC4CC(CC(C4)C2)C3)c1. The molecule has 0 amide bonds. The second-order valence-electron chi connectivity index (χ2n) is 10.6. The minimum absolute atomic E-state index is 0.219. The second-order valence-corrected chi connectivity index (χ2v) is 10.6. The molecule has 4 saturated carbocycles. The first-order valence-corrected chi connectivity index (χ1v) is 12.3. The number of benzene rings is 2. The van der Waals surface area contributed by atoms with E-state index in [1.165, 1.54) is 55.7 Å². The Hall–Kier alpha value is -2.56. The van der Waals surface area contributed by atoms with Crippen LogP contribution in [-0.4, -0.2) is 13.4 Å². The minimum Gasteiger partial charge on any atom is -0.497 e. The molecule has 0 N–H and O–H groups in total. The number of halogens is 3. The summed E-state index contributed by atoms with van der Waals surface area (Å²) in [6.07, 6.45) is 7.21. The fourth-order valence-corrected chi connectivity index (χ4v) is 7.33. The largest absolute Gasteiger partial charge is 0.497 e. The molecule has 0 spiro atoms. The van der Waals surface area contributed by atoms with E-state index in [0.29, 0.717) is 23.8 Å². The Balaban J connectivity index is 1.40. The molecule has 2 aromatic rings. The maximum atomic E-state index is 13.1. The van der Waals surface area contributed by atoms with Crippen molar-refractivity contribution in [2.75, 3.05) is 7.11 Å². The maximum Gasteiger partial charge on any atom is 0.416 e. The molecule has 2 aromatic carbocycles. The number of rotatable bonds is 7. The zero-order chi connectivity index (χ0) is 23.9. The summed E-state index contributed by atoms with van der Waals surface area (Å²) in [4.78, 5) is 11.7. The van der Waals surface area contributed by atoms with Crippen LogP contribution in [0.2, 0.25) is 0 Å². The summed E-state index contributed by atoms with van der Waals surface area (Å²) in [7, 11) is 1.70. The Bertz CT molecular complexity index is 1060. The van der Waals surface area contributed by atoms with Crippen molar-refractivity contribution in [3.8, 4) is 5.75 Å². The van der Waals surface area contributed by atoms with Gasteiger partial charge >= 0.3 is 6.18 Å². The highest BCUT2D eigenvalue weighted by Gasteiger charge is 2.52. The van der Waals surface area contributed by atoms with E-state index in [1.807, 2.05) is 6.07 Å². The first-order valence-electron chi connectivity index (χ1n) is 12.3. The zero-order valence-electron chi connectivity index (χ0n) is 19.5. The summed E-state index contributed by atoms with van der Waals surface area (Å²) in [5.41, 5.74) is 2.75. The number of aryl methyl sites for hydroxylation is 1. The van der Waals surface area contributed by atoms with Crippen molar-refractivity contribution in [3.63, 3.8) is 0 Å². The van der Waals surface area contributed by atoms with E-state index >= 15 is 0 Å². The molecule has 4 aliphatic carbocycles. The molecule has 4 fully saturated rings. The van der Waals surface area contributed by atoms with Crippen LogP contribution in [0, 0.1) is 17.8 Å². The van der Waals surface area contributed by atoms with E-state index in [0.717, 1.165) is 42.1 Å². The smallest absolute Gasteiger partial charge is 0.416 e. The van der Waals surface area contributed by atoms with Gasteiger partial charge in [-0.15, -0.1) is 0 Å². The minimum atomic E-state index is -4.43. The number of alkyl halides is 3. The highest BCUT2D eigenvalue weighted by Crippen LogP contribution is 2.61. The molecule has 0 unspecified atom stereocenters. The van der Waals surface area contributed by atoms with Crippen molar-refractivity contribution in [1.82, 2.24) is 0 Å². The summed E-state index contributed by atoms with van der Waals surface area (Å²) >= 11 is 0. The van der Waals surface area contributed by atoms with Crippen LogP contribution in [0.25, 0.3) is 5.57 Å². The quantitative estimate of drug-likeness (QED) is 0.313. The lowest BCUT2D eigenvalue weighted by Gasteiger charge is -2.57. The van der Waals surface area contributed by atoms with Gasteiger partial charge in [0.1, 0.15) is 12.0 Å². The lowest BCUT2D eigenvalue weighted by molar-refractivity contribution is -0.137. The second kappa shape index (κ2) is 8.90. The molecule has 0 saturated heterocycles. The van der Waals surface area contributed by atoms with Crippen LogP contribution >= 0.6 is 0 Å². The average molecular weight is 469 g/mol. The van der Waals surface area contributed by atoms with Crippen molar-refractivity contribution >= 4 is 11.9 Å². The normalized spacial score (nSPS) is 28.2. The summed E-state index contributed by atoms with van der Waals surface area (Å²) in [5, 5.41) is 0. The molecular formula is C29H31F3O2. The molecule has 0 radical (unpaired) electrons. The molecule has 180 valence electrons. The third-order valence-electron chi connectivity index (χ3n) is 8.35. The van der Waals surface area contributed by atoms with Gasteiger partial charge in [-0.3, -0.25) is 4.79 Å². The molecule has 0 heterocycles. The van der Waals surface area contributed by atoms with Gasteiger partial charge in [0.25, 0.3) is 0 Å². The van der Waals surface area contributed by atoms with Crippen molar-refractivity contribution in [2.24, 2.45) is 17.8 Å². The van der Waals surface area contributed by atoms with E-state index in [-0.39, 0.29) is 5.41 Å². The summed E-state index contributed by atoms with van der Waals surface area (Å²) in [6, 6.07) is 11.4. The number of hydrogen-bond acceptors (Lipinski definition) is 2. The van der Waals surface area contributed by atoms with Crippen molar-refractivity contribution < 1.29 is 22.7 Å². The fourth-order valence-electron chi connectivity index (χ4n) is 7.33. The number of aldehydes is 1. The molecular weight excluding hydrogens is 437 g/mol. The average Bonchev–Trinajstić information content (AvgIpc) is 2.80. The number of ether oxygens (including phenoxy) is 1. The lowest BCUT2D eigenvalue weighted by Crippen LogP contribution is -2.48. The van der Waals surface area contributed by atoms with Gasteiger partial charge in [-0.1, -0.05) is 24.3 Å². The first kappa shape index (κ1) is 23.2. The zero-order valence-corrected chi connectivity index (χ0v) is 19.5. The van der Waals surface area contributed by atoms with E-state index in [2.05, 4.69) is 12.1 Å². The fraction of sp³-hybridized carbons (Fsp3) is 0.483. The Kier molecular flexibility index (Phi) is 6.07. The first-order chi connectivity index (χ1) is 16.3. The van der Waals surface area contributed by atoms with Crippen LogP contribution in [-0.2, 0) is 22.8 Å². The molecule has 0 aromatic heterocycles. The van der Waals surface area contributed by atoms with Crippen molar-refractivity contribution in [3.05, 3.63) is 70.8 Å². The molecule has 5 heteroatoms. The number of hydrogen-bond donors (Lipinski definition) is 0. The highest BCUT2D eigenvalue weighted by atomic mass is 19.4. The van der Waals surface area contributed by atoms with Crippen LogP contribution in [0.4, 0.5) is 13.2 Å². The Morgan fingerprint density at radius 2 is 1.71 bits per heavy atom. The topological polar surface area (TPSA) is 26.3 Å². The third kappa shape index (κ3) is 4.42. The molecule has 0 atom stereocenters. The molecule has 34 heavy (non-hydrogen) atoms. The van der Waals surface area contributed by atoms with Crippen molar-refractivity contribution in [2.45, 2.75) is 63.0 Å². The van der Waals surface area contributed by atoms with Gasteiger partial charge in [0.05, 0.1) is 12.7 Å². The van der Waals surface area contributed by atoms with Gasteiger partial charge < -0.3 is 4.74 Å². The summed E-state index contributed by atoms with van der Waals surface area (Å²) < 4.78 is 44.9. The van der Waals surface area contributed by atoms with E-state index in [9.17, 15) is 18.0 Å². The summed E-state index contributed by atoms with van der Waals surface area (Å²) in [5.74, 6) is 3.36. The third-order valence-corrected chi connectivity index (χ3v) is 8.35. The van der Waals surface area contributed by atoms with E-state index in [4.69, 9.17) is 4.74 Å². The number of carbonyl (C=O) groups is 1.